The zero-order valence-electron chi connectivity index (χ0n) is 15.4. The van der Waals surface area contributed by atoms with Crippen molar-refractivity contribution in [1.82, 2.24) is 20.4 Å². The maximum absolute atomic E-state index is 12.3. The van der Waals surface area contributed by atoms with Gasteiger partial charge in [-0.15, -0.1) is 10.2 Å². The van der Waals surface area contributed by atoms with Crippen LogP contribution in [0.25, 0.3) is 0 Å². The molecule has 1 saturated heterocycles. The van der Waals surface area contributed by atoms with Crippen LogP contribution in [-0.4, -0.2) is 66.9 Å². The van der Waals surface area contributed by atoms with Crippen molar-refractivity contribution in [2.75, 3.05) is 50.1 Å². The Labute approximate surface area is 171 Å². The van der Waals surface area contributed by atoms with Gasteiger partial charge in [0.2, 0.25) is 11.0 Å². The van der Waals surface area contributed by atoms with Crippen molar-refractivity contribution >= 4 is 45.7 Å². The summed E-state index contributed by atoms with van der Waals surface area (Å²) in [6.07, 6.45) is 0. The third-order valence-corrected chi connectivity index (χ3v) is 5.17. The van der Waals surface area contributed by atoms with E-state index < -0.39 is 0 Å². The van der Waals surface area contributed by atoms with Gasteiger partial charge in [-0.1, -0.05) is 29.0 Å². The number of aromatic nitrogens is 2. The van der Waals surface area contributed by atoms with Crippen LogP contribution in [0.4, 0.5) is 15.6 Å². The number of hydrogen-bond donors (Lipinski definition) is 2. The lowest BCUT2D eigenvalue weighted by Crippen LogP contribution is -2.52. The van der Waals surface area contributed by atoms with Crippen LogP contribution in [-0.2, 0) is 16.1 Å². The summed E-state index contributed by atoms with van der Waals surface area (Å²) in [6.45, 7) is 2.74. The molecule has 1 aliphatic heterocycles. The molecule has 0 bridgehead atoms. The van der Waals surface area contributed by atoms with Gasteiger partial charge in [0, 0.05) is 44.0 Å². The predicted octanol–water partition coefficient (Wildman–Crippen LogP) is 1.81. The fraction of sp³-hybridized carbons (Fsp3) is 0.412. The normalized spacial score (nSPS) is 14.1. The lowest BCUT2D eigenvalue weighted by molar-refractivity contribution is -0.115. The zero-order valence-corrected chi connectivity index (χ0v) is 16.9. The van der Waals surface area contributed by atoms with E-state index in [1.165, 1.54) is 11.3 Å². The Morgan fingerprint density at radius 3 is 2.75 bits per heavy atom. The van der Waals surface area contributed by atoms with E-state index >= 15 is 0 Å². The van der Waals surface area contributed by atoms with E-state index in [1.54, 1.807) is 12.0 Å². The number of benzene rings is 1. The fourth-order valence-electron chi connectivity index (χ4n) is 2.76. The smallest absolute Gasteiger partial charge is 0.317 e. The van der Waals surface area contributed by atoms with Crippen LogP contribution in [0.1, 0.15) is 5.01 Å². The van der Waals surface area contributed by atoms with Gasteiger partial charge >= 0.3 is 6.03 Å². The number of hydrogen-bond acceptors (Lipinski definition) is 7. The summed E-state index contributed by atoms with van der Waals surface area (Å²) in [5, 5.41) is 14.7. The number of methoxy groups -OCH3 is 1. The average molecular weight is 425 g/mol. The molecule has 3 rings (SSSR count). The molecule has 2 heterocycles. The van der Waals surface area contributed by atoms with E-state index in [0.717, 1.165) is 5.69 Å². The number of urea groups is 1. The van der Waals surface area contributed by atoms with E-state index in [2.05, 4.69) is 25.7 Å². The number of nitrogens with one attached hydrogen (secondary N) is 2. The van der Waals surface area contributed by atoms with Gasteiger partial charge in [0.25, 0.3) is 0 Å². The highest BCUT2D eigenvalue weighted by Crippen LogP contribution is 2.20. The summed E-state index contributed by atoms with van der Waals surface area (Å²) in [7, 11) is 1.56. The largest absolute Gasteiger partial charge is 0.377 e. The van der Waals surface area contributed by atoms with Gasteiger partial charge in [-0.3, -0.25) is 10.1 Å². The Hall–Kier alpha value is -2.43. The second-order valence-electron chi connectivity index (χ2n) is 6.09. The van der Waals surface area contributed by atoms with Gasteiger partial charge in [0.1, 0.15) is 11.6 Å². The Morgan fingerprint density at radius 2 is 2.04 bits per heavy atom. The highest BCUT2D eigenvalue weighted by Gasteiger charge is 2.21. The predicted molar refractivity (Wildman–Crippen MR) is 108 cm³/mol. The molecule has 28 heavy (non-hydrogen) atoms. The molecule has 1 aromatic carbocycles. The molecule has 11 heteroatoms. The van der Waals surface area contributed by atoms with Crippen LogP contribution >= 0.6 is 22.9 Å². The highest BCUT2D eigenvalue weighted by atomic mass is 35.5. The number of nitrogens with zero attached hydrogens (tertiary/aromatic N) is 4. The highest BCUT2D eigenvalue weighted by molar-refractivity contribution is 7.15. The molecule has 0 radical (unpaired) electrons. The van der Waals surface area contributed by atoms with E-state index in [-0.39, 0.29) is 18.5 Å². The lowest BCUT2D eigenvalue weighted by Gasteiger charge is -2.36. The van der Waals surface area contributed by atoms with Gasteiger partial charge in [-0.25, -0.2) is 4.79 Å². The van der Waals surface area contributed by atoms with Crippen molar-refractivity contribution in [2.45, 2.75) is 6.61 Å². The molecule has 1 aliphatic rings. The molecule has 2 N–H and O–H groups in total. The van der Waals surface area contributed by atoms with Crippen molar-refractivity contribution in [1.29, 1.82) is 0 Å². The summed E-state index contributed by atoms with van der Waals surface area (Å²) < 4.78 is 4.96. The van der Waals surface area contributed by atoms with Gasteiger partial charge in [-0.2, -0.15) is 0 Å². The molecule has 0 aliphatic carbocycles. The summed E-state index contributed by atoms with van der Waals surface area (Å²) in [6, 6.07) is 7.38. The summed E-state index contributed by atoms with van der Waals surface area (Å²) in [5.74, 6) is -0.356. The maximum atomic E-state index is 12.3. The van der Waals surface area contributed by atoms with E-state index in [9.17, 15) is 9.59 Å². The van der Waals surface area contributed by atoms with E-state index in [4.69, 9.17) is 16.3 Å². The Balaban J connectivity index is 1.41. The van der Waals surface area contributed by atoms with Crippen LogP contribution in [0.15, 0.2) is 24.3 Å². The van der Waals surface area contributed by atoms with Crippen LogP contribution in [0.3, 0.4) is 0 Å². The number of carbonyl (C=O) groups excluding carboxylic acids is 2. The molecule has 0 unspecified atom stereocenters. The van der Waals surface area contributed by atoms with Crippen LogP contribution in [0.5, 0.6) is 0 Å². The van der Waals surface area contributed by atoms with Gasteiger partial charge in [-0.05, 0) is 18.2 Å². The summed E-state index contributed by atoms with van der Waals surface area (Å²) in [5.41, 5.74) is 1.04. The first-order chi connectivity index (χ1) is 13.5. The number of piperazine rings is 1. The van der Waals surface area contributed by atoms with Crippen LogP contribution < -0.4 is 15.5 Å². The van der Waals surface area contributed by atoms with E-state index in [1.807, 2.05) is 24.3 Å². The van der Waals surface area contributed by atoms with Crippen LogP contribution in [0.2, 0.25) is 5.02 Å². The van der Waals surface area contributed by atoms with Crippen molar-refractivity contribution < 1.29 is 14.3 Å². The molecule has 0 atom stereocenters. The van der Waals surface area contributed by atoms with Crippen molar-refractivity contribution in [3.63, 3.8) is 0 Å². The molecule has 150 valence electrons. The molecule has 0 spiro atoms. The summed E-state index contributed by atoms with van der Waals surface area (Å²) in [4.78, 5) is 28.1. The van der Waals surface area contributed by atoms with Crippen molar-refractivity contribution in [2.24, 2.45) is 0 Å². The third-order valence-electron chi connectivity index (χ3n) is 4.12. The molecule has 1 aromatic heterocycles. The number of anilines is 2. The first-order valence-corrected chi connectivity index (χ1v) is 9.89. The fourth-order valence-corrected chi connectivity index (χ4v) is 3.67. The monoisotopic (exact) mass is 424 g/mol. The average Bonchev–Trinajstić information content (AvgIpc) is 3.13. The van der Waals surface area contributed by atoms with Crippen LogP contribution in [0, 0.1) is 0 Å². The molecular weight excluding hydrogens is 404 g/mol. The topological polar surface area (TPSA) is 99.7 Å². The van der Waals surface area contributed by atoms with Crippen molar-refractivity contribution in [3.8, 4) is 0 Å². The molecule has 3 amide bonds. The Bertz CT molecular complexity index is 825. The quantitative estimate of drug-likeness (QED) is 0.733. The maximum Gasteiger partial charge on any atom is 0.317 e. The minimum absolute atomic E-state index is 0.132. The molecule has 2 aromatic rings. The van der Waals surface area contributed by atoms with Gasteiger partial charge < -0.3 is 19.9 Å². The lowest BCUT2D eigenvalue weighted by atomic mass is 10.2. The Kier molecular flexibility index (Phi) is 7.01. The number of rotatable bonds is 6. The van der Waals surface area contributed by atoms with Crippen molar-refractivity contribution in [3.05, 3.63) is 34.3 Å². The number of ether oxygens (including phenoxy) is 1. The summed E-state index contributed by atoms with van der Waals surface area (Å²) >= 11 is 7.27. The SMILES string of the molecule is COCc1nnc(NC(=O)CNC(=O)N2CCN(c3cccc(Cl)c3)CC2)s1. The molecule has 0 saturated carbocycles. The van der Waals surface area contributed by atoms with Gasteiger partial charge in [0.15, 0.2) is 0 Å². The minimum Gasteiger partial charge on any atom is -0.377 e. The zero-order chi connectivity index (χ0) is 19.9. The molecular formula is C17H21ClN6O3S. The molecule has 9 nitrogen and oxygen atoms in total. The second kappa shape index (κ2) is 9.67. The standard InChI is InChI=1S/C17H21ClN6O3S/c1-27-11-15-21-22-16(28-15)20-14(25)10-19-17(26)24-7-5-23(6-8-24)13-4-2-3-12(18)9-13/h2-4,9H,5-8,10-11H2,1H3,(H,19,26)(H,20,22,25). The first-order valence-electron chi connectivity index (χ1n) is 8.69. The van der Waals surface area contributed by atoms with Gasteiger partial charge in [0.05, 0.1) is 6.54 Å². The molecule has 1 fully saturated rings. The van der Waals surface area contributed by atoms with E-state index in [0.29, 0.717) is 47.9 Å². The number of carbonyl (C=O) groups is 2. The second-order valence-corrected chi connectivity index (χ2v) is 7.59. The third kappa shape index (κ3) is 5.54. The minimum atomic E-state index is -0.356. The Morgan fingerprint density at radius 1 is 1.25 bits per heavy atom. The number of halogens is 1. The first kappa shape index (κ1) is 20.3. The number of amides is 3.